The van der Waals surface area contributed by atoms with E-state index >= 15 is 0 Å². The number of hydrogen-bond donors (Lipinski definition) is 5. The lowest BCUT2D eigenvalue weighted by Gasteiger charge is -2.51. The molecule has 0 aromatic carbocycles. The Hall–Kier alpha value is -1.82. The highest BCUT2D eigenvalue weighted by Crippen LogP contribution is 2.44. The van der Waals surface area contributed by atoms with Gasteiger partial charge in [-0.3, -0.25) is 9.59 Å². The zero-order chi connectivity index (χ0) is 38.1. The molecule has 302 valence electrons. The molecular formula is C42H74O10. The molecule has 52 heavy (non-hydrogen) atoms. The number of esters is 2. The Balaban J connectivity index is 1.97. The van der Waals surface area contributed by atoms with Crippen molar-refractivity contribution in [2.24, 2.45) is 5.41 Å². The van der Waals surface area contributed by atoms with Crippen LogP contribution >= 0.6 is 0 Å². The maximum absolute atomic E-state index is 13.9. The Labute approximate surface area is 314 Å². The molecule has 0 spiro atoms. The highest BCUT2D eigenvalue weighted by Gasteiger charge is 2.71. The van der Waals surface area contributed by atoms with Crippen molar-refractivity contribution in [3.05, 3.63) is 24.3 Å². The second kappa shape index (κ2) is 26.1. The monoisotopic (exact) mass is 739 g/mol. The summed E-state index contributed by atoms with van der Waals surface area (Å²) in [6.45, 7) is 3.59. The van der Waals surface area contributed by atoms with E-state index in [1.54, 1.807) is 12.2 Å². The summed E-state index contributed by atoms with van der Waals surface area (Å²) in [5, 5.41) is 52.8. The molecule has 1 unspecified atom stereocenters. The van der Waals surface area contributed by atoms with Gasteiger partial charge in [-0.1, -0.05) is 179 Å². The van der Waals surface area contributed by atoms with Gasteiger partial charge in [0.05, 0.1) is 13.0 Å². The van der Waals surface area contributed by atoms with E-state index in [0.29, 0.717) is 12.8 Å². The minimum atomic E-state index is -3.38. The summed E-state index contributed by atoms with van der Waals surface area (Å²) >= 11 is 0. The fraction of sp³-hybridized carbons (Fsp3) is 0.857. The summed E-state index contributed by atoms with van der Waals surface area (Å²) in [4.78, 5) is 27.1. The predicted molar refractivity (Wildman–Crippen MR) is 203 cm³/mol. The van der Waals surface area contributed by atoms with Gasteiger partial charge in [-0.2, -0.15) is 0 Å². The van der Waals surface area contributed by atoms with Crippen LogP contribution in [0.15, 0.2) is 24.3 Å². The molecule has 2 saturated heterocycles. The van der Waals surface area contributed by atoms with Crippen LogP contribution in [-0.4, -0.2) is 74.2 Å². The maximum Gasteiger partial charge on any atom is 0.399 e. The number of rotatable bonds is 29. The molecule has 0 aromatic rings. The number of carbonyl (C=O) groups is 2. The van der Waals surface area contributed by atoms with E-state index in [2.05, 4.69) is 13.8 Å². The van der Waals surface area contributed by atoms with Crippen molar-refractivity contribution in [1.29, 1.82) is 0 Å². The van der Waals surface area contributed by atoms with Crippen LogP contribution in [-0.2, 0) is 23.8 Å². The molecule has 0 aliphatic carbocycles. The second-order valence-electron chi connectivity index (χ2n) is 15.3. The van der Waals surface area contributed by atoms with Crippen LogP contribution < -0.4 is 0 Å². The van der Waals surface area contributed by atoms with Crippen LogP contribution in [0.4, 0.5) is 0 Å². The van der Waals surface area contributed by atoms with Gasteiger partial charge in [0.25, 0.3) is 0 Å². The van der Waals surface area contributed by atoms with Crippen LogP contribution in [0.3, 0.4) is 0 Å². The number of carbonyl (C=O) groups excluding carboxylic acids is 2. The quantitative estimate of drug-likeness (QED) is 0.0287. The van der Waals surface area contributed by atoms with Crippen LogP contribution in [0.2, 0.25) is 0 Å². The largest absolute Gasteiger partial charge is 0.420 e. The minimum absolute atomic E-state index is 0.569. The van der Waals surface area contributed by atoms with E-state index in [1.165, 1.54) is 116 Å². The summed E-state index contributed by atoms with van der Waals surface area (Å²) in [5.41, 5.74) is -1.68. The molecule has 0 amide bonds. The van der Waals surface area contributed by atoms with E-state index in [-0.39, 0.29) is 0 Å². The van der Waals surface area contributed by atoms with Crippen LogP contribution in [0.1, 0.15) is 187 Å². The van der Waals surface area contributed by atoms with Crippen molar-refractivity contribution >= 4 is 11.9 Å². The Bertz CT molecular complexity index is 992. The second-order valence-corrected chi connectivity index (χ2v) is 15.3. The molecule has 10 nitrogen and oxygen atoms in total. The highest BCUT2D eigenvalue weighted by atomic mass is 16.9. The zero-order valence-electron chi connectivity index (χ0n) is 32.6. The van der Waals surface area contributed by atoms with Crippen molar-refractivity contribution in [3.63, 3.8) is 0 Å². The molecule has 2 heterocycles. The Kier molecular flexibility index (Phi) is 23.2. The first kappa shape index (κ1) is 46.3. The first-order chi connectivity index (χ1) is 25.1. The molecule has 0 aromatic heterocycles. The van der Waals surface area contributed by atoms with Crippen molar-refractivity contribution < 1.29 is 49.3 Å². The van der Waals surface area contributed by atoms with Crippen molar-refractivity contribution in [1.82, 2.24) is 0 Å². The number of allylic oxidation sites excluding steroid dienone is 2. The van der Waals surface area contributed by atoms with E-state index in [9.17, 15) is 35.1 Å². The van der Waals surface area contributed by atoms with E-state index < -0.39 is 60.5 Å². The molecule has 2 aliphatic rings. The van der Waals surface area contributed by atoms with Gasteiger partial charge in [0.2, 0.25) is 0 Å². The third-order valence-electron chi connectivity index (χ3n) is 10.6. The summed E-state index contributed by atoms with van der Waals surface area (Å²) in [6.07, 6.45) is 31.0. The summed E-state index contributed by atoms with van der Waals surface area (Å²) in [7, 11) is 0. The Morgan fingerprint density at radius 2 is 1.00 bits per heavy atom. The van der Waals surface area contributed by atoms with E-state index in [4.69, 9.17) is 14.2 Å². The van der Waals surface area contributed by atoms with Gasteiger partial charge in [-0.15, -0.1) is 0 Å². The van der Waals surface area contributed by atoms with Crippen LogP contribution in [0.5, 0.6) is 0 Å². The molecule has 2 rings (SSSR count). The first-order valence-electron chi connectivity index (χ1n) is 21.0. The van der Waals surface area contributed by atoms with Crippen molar-refractivity contribution in [2.45, 2.75) is 217 Å². The summed E-state index contributed by atoms with van der Waals surface area (Å²) < 4.78 is 15.6. The molecule has 2 aliphatic heterocycles. The number of fused-ring (bicyclic) bond motifs is 1. The molecule has 5 atom stereocenters. The topological polar surface area (TPSA) is 163 Å². The van der Waals surface area contributed by atoms with Gasteiger partial charge in [-0.05, 0) is 25.7 Å². The van der Waals surface area contributed by atoms with Gasteiger partial charge < -0.3 is 39.7 Å². The van der Waals surface area contributed by atoms with Gasteiger partial charge in [-0.25, -0.2) is 0 Å². The number of aliphatic hydroxyl groups is 5. The fourth-order valence-electron chi connectivity index (χ4n) is 7.19. The predicted octanol–water partition coefficient (Wildman–Crippen LogP) is 8.21. The smallest absolute Gasteiger partial charge is 0.399 e. The summed E-state index contributed by atoms with van der Waals surface area (Å²) in [5.74, 6) is -8.92. The van der Waals surface area contributed by atoms with E-state index in [0.717, 1.165) is 38.5 Å². The molecule has 10 heteroatoms. The average Bonchev–Trinajstić information content (AvgIpc) is 3.12. The first-order valence-corrected chi connectivity index (χ1v) is 21.0. The Morgan fingerprint density at radius 1 is 0.615 bits per heavy atom. The molecule has 0 bridgehead atoms. The highest BCUT2D eigenvalue weighted by molar-refractivity contribution is 5.88. The zero-order valence-corrected chi connectivity index (χ0v) is 32.6. The number of hydrogen-bond acceptors (Lipinski definition) is 10. The third-order valence-corrected chi connectivity index (χ3v) is 10.6. The van der Waals surface area contributed by atoms with Crippen LogP contribution in [0, 0.1) is 5.41 Å². The lowest BCUT2D eigenvalue weighted by atomic mass is 9.81. The third kappa shape index (κ3) is 15.5. The average molecular weight is 739 g/mol. The SMILES string of the molecule is CCCCCCCCCCCCCC/C=C/C1(/C=C/CCCCCCCCCCCCCC)CC(=O)O[C@]2(O)[C@@H](O)[C@H](O)[C@@H](CO)OC2(O)OC1=O. The minimum Gasteiger partial charge on any atom is -0.420 e. The van der Waals surface area contributed by atoms with E-state index in [1.807, 2.05) is 12.2 Å². The standard InChI is InChI=1S/C42H74O10/c1-3-5-7-9-11-13-15-17-19-21-23-25-27-29-31-40(32-30-28-26-24-22-20-18-16-14-12-10-8-6-4-2)33-36(44)51-41(48)38(46)37(45)35(34-43)50-42(41,49)52-39(40)47/h29-32,35,37-38,43,45-46,48-49H,3-28,33-34H2,1-2H3/b31-29+,32-30+/t35-,37-,38+,41-,42?/m1/s1. The van der Waals surface area contributed by atoms with Gasteiger partial charge in [0.1, 0.15) is 17.6 Å². The summed E-state index contributed by atoms with van der Waals surface area (Å²) in [6, 6.07) is 0. The lowest BCUT2D eigenvalue weighted by Crippen LogP contribution is -2.76. The fourth-order valence-corrected chi connectivity index (χ4v) is 7.19. The van der Waals surface area contributed by atoms with Crippen LogP contribution in [0.25, 0.3) is 0 Å². The molecular weight excluding hydrogens is 664 g/mol. The van der Waals surface area contributed by atoms with Crippen molar-refractivity contribution in [2.75, 3.05) is 6.61 Å². The molecule has 0 saturated carbocycles. The van der Waals surface area contributed by atoms with Gasteiger partial charge in [0, 0.05) is 0 Å². The Morgan fingerprint density at radius 3 is 1.38 bits per heavy atom. The normalized spacial score (nSPS) is 26.3. The number of aliphatic hydroxyl groups excluding tert-OH is 3. The van der Waals surface area contributed by atoms with Gasteiger partial charge in [0.15, 0.2) is 6.10 Å². The van der Waals surface area contributed by atoms with Crippen molar-refractivity contribution in [3.8, 4) is 0 Å². The number of unbranched alkanes of at least 4 members (excludes halogenated alkanes) is 24. The van der Waals surface area contributed by atoms with Gasteiger partial charge >= 0.3 is 23.7 Å². The number of ether oxygens (including phenoxy) is 3. The molecule has 0 radical (unpaired) electrons. The lowest BCUT2D eigenvalue weighted by molar-refractivity contribution is -0.513. The maximum atomic E-state index is 13.9. The molecule has 2 fully saturated rings. The molecule has 5 N–H and O–H groups in total.